The van der Waals surface area contributed by atoms with Crippen LogP contribution in [0.3, 0.4) is 0 Å². The van der Waals surface area contributed by atoms with Gasteiger partial charge in [0, 0.05) is 25.2 Å². The first-order chi connectivity index (χ1) is 16.3. The number of carbonyl (C=O) groups excluding carboxylic acids is 3. The van der Waals surface area contributed by atoms with Crippen molar-refractivity contribution in [3.05, 3.63) is 45.2 Å². The van der Waals surface area contributed by atoms with Crippen LogP contribution in [0.5, 0.6) is 0 Å². The maximum absolute atomic E-state index is 13.1. The van der Waals surface area contributed by atoms with Gasteiger partial charge in [-0.15, -0.1) is 0 Å². The highest BCUT2D eigenvalue weighted by atomic mass is 16.5. The lowest BCUT2D eigenvalue weighted by molar-refractivity contribution is -0.148. The Kier molecular flexibility index (Phi) is 6.67. The molecule has 10 nitrogen and oxygen atoms in total. The number of anilines is 3. The van der Waals surface area contributed by atoms with Crippen LogP contribution in [0, 0.1) is 19.8 Å². The summed E-state index contributed by atoms with van der Waals surface area (Å²) in [6.45, 7) is 6.99. The van der Waals surface area contributed by atoms with E-state index >= 15 is 0 Å². The summed E-state index contributed by atoms with van der Waals surface area (Å²) in [6.07, 6.45) is 1.01. The number of hydrogen-bond acceptors (Lipinski definition) is 7. The van der Waals surface area contributed by atoms with Gasteiger partial charge >= 0.3 is 5.97 Å². The number of aryl methyl sites for hydroxylation is 2. The van der Waals surface area contributed by atoms with E-state index in [1.807, 2.05) is 30.9 Å². The van der Waals surface area contributed by atoms with Gasteiger partial charge in [0.05, 0.1) is 24.0 Å². The van der Waals surface area contributed by atoms with Crippen molar-refractivity contribution in [1.82, 2.24) is 9.97 Å². The number of piperidine rings is 1. The zero-order chi connectivity index (χ0) is 24.4. The zero-order valence-corrected chi connectivity index (χ0v) is 19.6. The Morgan fingerprint density at radius 3 is 2.62 bits per heavy atom. The van der Waals surface area contributed by atoms with Crippen molar-refractivity contribution in [2.45, 2.75) is 46.0 Å². The van der Waals surface area contributed by atoms with Gasteiger partial charge in [0.15, 0.2) is 0 Å². The minimum absolute atomic E-state index is 0.100. The molecule has 180 valence electrons. The summed E-state index contributed by atoms with van der Waals surface area (Å²) in [5, 5.41) is 5.49. The molecule has 1 aromatic heterocycles. The molecule has 10 heteroatoms. The van der Waals surface area contributed by atoms with Crippen LogP contribution in [-0.4, -0.2) is 47.4 Å². The maximum Gasteiger partial charge on any atom is 0.309 e. The Bertz CT molecular complexity index is 1180. The molecular formula is C24H29N5O5. The molecule has 3 heterocycles. The smallest absolute Gasteiger partial charge is 0.309 e. The number of hydrogen-bond donors (Lipinski definition) is 3. The Labute approximate surface area is 197 Å². The summed E-state index contributed by atoms with van der Waals surface area (Å²) in [7, 11) is 0. The normalized spacial score (nSPS) is 18.1. The zero-order valence-electron chi connectivity index (χ0n) is 19.6. The van der Waals surface area contributed by atoms with E-state index in [1.165, 1.54) is 0 Å². The Hall–Kier alpha value is -3.69. The number of fused-ring (bicyclic) bond motifs is 1. The number of esters is 1. The molecule has 4 rings (SSSR count). The predicted molar refractivity (Wildman–Crippen MR) is 127 cm³/mol. The number of amides is 2. The molecule has 0 spiro atoms. The molecule has 1 saturated heterocycles. The molecule has 2 aromatic rings. The summed E-state index contributed by atoms with van der Waals surface area (Å²) < 4.78 is 5.10. The fourth-order valence-electron chi connectivity index (χ4n) is 4.49. The lowest BCUT2D eigenvalue weighted by atomic mass is 9.92. The summed E-state index contributed by atoms with van der Waals surface area (Å²) >= 11 is 0. The third-order valence-electron chi connectivity index (χ3n) is 6.31. The molecule has 0 bridgehead atoms. The van der Waals surface area contributed by atoms with Crippen LogP contribution in [0.2, 0.25) is 0 Å². The number of carbonyl (C=O) groups is 3. The van der Waals surface area contributed by atoms with Crippen molar-refractivity contribution < 1.29 is 19.1 Å². The number of benzene rings is 1. The molecule has 1 fully saturated rings. The monoisotopic (exact) mass is 467 g/mol. The fourth-order valence-corrected chi connectivity index (χ4v) is 4.49. The topological polar surface area (TPSA) is 133 Å². The highest BCUT2D eigenvalue weighted by Gasteiger charge is 2.36. The number of nitrogens with zero attached hydrogens (tertiary/aromatic N) is 2. The second-order valence-electron chi connectivity index (χ2n) is 8.78. The second kappa shape index (κ2) is 9.66. The summed E-state index contributed by atoms with van der Waals surface area (Å²) in [4.78, 5) is 59.6. The van der Waals surface area contributed by atoms with Crippen molar-refractivity contribution in [2.75, 3.05) is 35.2 Å². The lowest BCUT2D eigenvalue weighted by Gasteiger charge is -2.32. The first-order valence-electron chi connectivity index (χ1n) is 11.5. The second-order valence-corrected chi connectivity index (χ2v) is 8.78. The van der Waals surface area contributed by atoms with Crippen molar-refractivity contribution in [3.8, 4) is 0 Å². The SMILES string of the molecule is CCOC(=O)C1CCN(c2nc3c(c(=O)[nH]2)C(C(=O)Nc2ccc(C)cc2C)CC(=O)N3)CC1. The van der Waals surface area contributed by atoms with Crippen LogP contribution >= 0.6 is 0 Å². The average molecular weight is 468 g/mol. The van der Waals surface area contributed by atoms with E-state index in [9.17, 15) is 19.2 Å². The Balaban J connectivity index is 1.55. The predicted octanol–water partition coefficient (Wildman–Crippen LogP) is 2.23. The average Bonchev–Trinajstić information content (AvgIpc) is 2.80. The molecular weight excluding hydrogens is 438 g/mol. The van der Waals surface area contributed by atoms with Gasteiger partial charge < -0.3 is 20.3 Å². The molecule has 1 atom stereocenters. The third-order valence-corrected chi connectivity index (χ3v) is 6.31. The number of ether oxygens (including phenoxy) is 1. The van der Waals surface area contributed by atoms with Crippen molar-refractivity contribution in [2.24, 2.45) is 5.92 Å². The molecule has 34 heavy (non-hydrogen) atoms. The summed E-state index contributed by atoms with van der Waals surface area (Å²) in [5.74, 6) is -1.75. The highest BCUT2D eigenvalue weighted by molar-refractivity contribution is 6.04. The van der Waals surface area contributed by atoms with Gasteiger partial charge in [-0.05, 0) is 45.2 Å². The molecule has 2 amide bonds. The van der Waals surface area contributed by atoms with Gasteiger partial charge in [0.2, 0.25) is 17.8 Å². The van der Waals surface area contributed by atoms with E-state index in [0.717, 1.165) is 11.1 Å². The van der Waals surface area contributed by atoms with Gasteiger partial charge in [-0.1, -0.05) is 17.7 Å². The minimum Gasteiger partial charge on any atom is -0.466 e. The van der Waals surface area contributed by atoms with Crippen LogP contribution in [0.15, 0.2) is 23.0 Å². The van der Waals surface area contributed by atoms with E-state index in [0.29, 0.717) is 44.2 Å². The van der Waals surface area contributed by atoms with Gasteiger partial charge in [0.1, 0.15) is 5.82 Å². The number of H-pyrrole nitrogens is 1. The largest absolute Gasteiger partial charge is 0.466 e. The van der Waals surface area contributed by atoms with Crippen molar-refractivity contribution >= 4 is 35.2 Å². The van der Waals surface area contributed by atoms with Crippen LogP contribution in [0.4, 0.5) is 17.5 Å². The molecule has 2 aliphatic heterocycles. The van der Waals surface area contributed by atoms with Crippen LogP contribution in [0.1, 0.15) is 48.8 Å². The molecule has 3 N–H and O–H groups in total. The number of aromatic nitrogens is 2. The van der Waals surface area contributed by atoms with E-state index in [-0.39, 0.29) is 35.6 Å². The molecule has 0 radical (unpaired) electrons. The van der Waals surface area contributed by atoms with Gasteiger partial charge in [-0.25, -0.2) is 0 Å². The number of rotatable bonds is 5. The van der Waals surface area contributed by atoms with E-state index in [2.05, 4.69) is 20.6 Å². The number of aromatic amines is 1. The van der Waals surface area contributed by atoms with E-state index in [4.69, 9.17) is 4.74 Å². The number of nitrogens with one attached hydrogen (secondary N) is 3. The molecule has 0 saturated carbocycles. The Morgan fingerprint density at radius 2 is 1.94 bits per heavy atom. The third kappa shape index (κ3) is 4.80. The molecule has 0 aliphatic carbocycles. The van der Waals surface area contributed by atoms with Gasteiger partial charge in [0.25, 0.3) is 5.56 Å². The van der Waals surface area contributed by atoms with Crippen molar-refractivity contribution in [1.29, 1.82) is 0 Å². The maximum atomic E-state index is 13.1. The van der Waals surface area contributed by atoms with Crippen LogP contribution in [0.25, 0.3) is 0 Å². The molecule has 2 aliphatic rings. The van der Waals surface area contributed by atoms with E-state index in [1.54, 1.807) is 13.0 Å². The van der Waals surface area contributed by atoms with Gasteiger partial charge in [-0.3, -0.25) is 24.2 Å². The lowest BCUT2D eigenvalue weighted by Crippen LogP contribution is -2.41. The first-order valence-corrected chi connectivity index (χ1v) is 11.5. The highest BCUT2D eigenvalue weighted by Crippen LogP contribution is 2.31. The van der Waals surface area contributed by atoms with Gasteiger partial charge in [-0.2, -0.15) is 4.98 Å². The summed E-state index contributed by atoms with van der Waals surface area (Å²) in [5.41, 5.74) is 2.27. The first kappa shape index (κ1) is 23.5. The van der Waals surface area contributed by atoms with Crippen LogP contribution < -0.4 is 21.1 Å². The van der Waals surface area contributed by atoms with Crippen molar-refractivity contribution in [3.63, 3.8) is 0 Å². The van der Waals surface area contributed by atoms with Crippen LogP contribution in [-0.2, 0) is 19.1 Å². The standard InChI is InChI=1S/C24H29N5O5/c1-4-34-23(33)15-7-9-29(10-8-15)24-27-20-19(22(32)28-24)16(12-18(30)26-20)21(31)25-17-6-5-13(2)11-14(17)3/h5-6,11,15-16H,4,7-10,12H2,1-3H3,(H,25,31)(H2,26,27,28,30,32). The molecule has 1 unspecified atom stereocenters. The molecule has 1 aromatic carbocycles. The fraction of sp³-hybridized carbons (Fsp3) is 0.458. The summed E-state index contributed by atoms with van der Waals surface area (Å²) in [6, 6.07) is 5.64. The Morgan fingerprint density at radius 1 is 1.21 bits per heavy atom. The van der Waals surface area contributed by atoms with E-state index < -0.39 is 17.4 Å². The quantitative estimate of drug-likeness (QED) is 0.574. The minimum atomic E-state index is -0.954.